The first-order valence-corrected chi connectivity index (χ1v) is 5.02. The first kappa shape index (κ1) is 13.0. The maximum Gasteiger partial charge on any atom is 0.306 e. The SMILES string of the molecule is CCCC(=O)OC1CCCCC1.[Mn]. The van der Waals surface area contributed by atoms with Crippen LogP contribution in [0.4, 0.5) is 0 Å². The summed E-state index contributed by atoms with van der Waals surface area (Å²) in [5, 5.41) is 0. The molecule has 0 aromatic carbocycles. The molecule has 2 nitrogen and oxygen atoms in total. The third kappa shape index (κ3) is 5.32. The summed E-state index contributed by atoms with van der Waals surface area (Å²) in [4.78, 5) is 11.1. The third-order valence-electron chi connectivity index (χ3n) is 2.30. The van der Waals surface area contributed by atoms with Crippen LogP contribution in [0.2, 0.25) is 0 Å². The normalized spacial score (nSPS) is 17.6. The minimum Gasteiger partial charge on any atom is -0.462 e. The van der Waals surface area contributed by atoms with Crippen LogP contribution in [0.25, 0.3) is 0 Å². The Morgan fingerprint density at radius 2 is 1.92 bits per heavy atom. The second-order valence-electron chi connectivity index (χ2n) is 3.50. The van der Waals surface area contributed by atoms with E-state index in [0.717, 1.165) is 19.3 Å². The van der Waals surface area contributed by atoms with Gasteiger partial charge in [-0.2, -0.15) is 0 Å². The second-order valence-corrected chi connectivity index (χ2v) is 3.50. The van der Waals surface area contributed by atoms with Gasteiger partial charge < -0.3 is 4.74 Å². The molecule has 1 aliphatic carbocycles. The molecule has 0 spiro atoms. The van der Waals surface area contributed by atoms with Gasteiger partial charge >= 0.3 is 5.97 Å². The van der Waals surface area contributed by atoms with Crippen LogP contribution in [0.5, 0.6) is 0 Å². The Hall–Kier alpha value is -0.0105. The van der Waals surface area contributed by atoms with Crippen LogP contribution in [0.3, 0.4) is 0 Å². The molecular weight excluding hydrogens is 207 g/mol. The molecule has 0 heterocycles. The van der Waals surface area contributed by atoms with E-state index in [2.05, 4.69) is 0 Å². The molecular formula is C10H18MnO2. The molecule has 1 aliphatic rings. The summed E-state index contributed by atoms with van der Waals surface area (Å²) in [5.74, 6) is -0.00981. The first-order valence-electron chi connectivity index (χ1n) is 5.02. The van der Waals surface area contributed by atoms with E-state index in [-0.39, 0.29) is 29.1 Å². The van der Waals surface area contributed by atoms with Crippen molar-refractivity contribution < 1.29 is 26.6 Å². The fourth-order valence-corrected chi connectivity index (χ4v) is 1.63. The molecule has 0 saturated heterocycles. The van der Waals surface area contributed by atoms with E-state index < -0.39 is 0 Å². The maximum absolute atomic E-state index is 11.1. The molecule has 0 amide bonds. The average molecular weight is 225 g/mol. The van der Waals surface area contributed by atoms with Gasteiger partial charge in [0.05, 0.1) is 0 Å². The molecule has 0 aromatic rings. The summed E-state index contributed by atoms with van der Waals surface area (Å²) in [7, 11) is 0. The summed E-state index contributed by atoms with van der Waals surface area (Å²) >= 11 is 0. The number of carbonyl (C=O) groups is 1. The number of ether oxygens (including phenoxy) is 1. The molecule has 0 unspecified atom stereocenters. The van der Waals surface area contributed by atoms with Crippen molar-refractivity contribution in [2.75, 3.05) is 0 Å². The molecule has 3 heteroatoms. The Balaban J connectivity index is 0.00000144. The van der Waals surface area contributed by atoms with Crippen LogP contribution >= 0.6 is 0 Å². The molecule has 1 saturated carbocycles. The van der Waals surface area contributed by atoms with E-state index in [4.69, 9.17) is 4.74 Å². The van der Waals surface area contributed by atoms with Crippen molar-refractivity contribution in [1.82, 2.24) is 0 Å². The van der Waals surface area contributed by atoms with Crippen LogP contribution in [-0.4, -0.2) is 12.1 Å². The van der Waals surface area contributed by atoms with Gasteiger partial charge in [0.15, 0.2) is 0 Å². The number of esters is 1. The Bertz CT molecular complexity index is 142. The van der Waals surface area contributed by atoms with Crippen LogP contribution in [0, 0.1) is 0 Å². The first-order chi connectivity index (χ1) is 5.83. The number of hydrogen-bond donors (Lipinski definition) is 0. The fraction of sp³-hybridized carbons (Fsp3) is 0.900. The van der Waals surface area contributed by atoms with Gasteiger partial charge in [0.2, 0.25) is 0 Å². The zero-order chi connectivity index (χ0) is 8.81. The largest absolute Gasteiger partial charge is 0.462 e. The Morgan fingerprint density at radius 3 is 2.46 bits per heavy atom. The zero-order valence-corrected chi connectivity index (χ0v) is 9.40. The van der Waals surface area contributed by atoms with Gasteiger partial charge in [-0.25, -0.2) is 0 Å². The third-order valence-corrected chi connectivity index (χ3v) is 2.30. The van der Waals surface area contributed by atoms with E-state index in [1.807, 2.05) is 6.92 Å². The number of carbonyl (C=O) groups excluding carboxylic acids is 1. The van der Waals surface area contributed by atoms with Crippen molar-refractivity contribution >= 4 is 5.97 Å². The van der Waals surface area contributed by atoms with Gasteiger partial charge in [-0.05, 0) is 32.1 Å². The van der Waals surface area contributed by atoms with Crippen molar-refractivity contribution in [1.29, 1.82) is 0 Å². The fourth-order valence-electron chi connectivity index (χ4n) is 1.63. The number of hydrogen-bond acceptors (Lipinski definition) is 2. The molecule has 0 aliphatic heterocycles. The van der Waals surface area contributed by atoms with Gasteiger partial charge in [-0.3, -0.25) is 4.79 Å². The standard InChI is InChI=1S/C10H18O2.Mn/c1-2-6-10(11)12-9-7-4-3-5-8-9;/h9H,2-8H2,1H3;. The molecule has 0 aromatic heterocycles. The topological polar surface area (TPSA) is 26.3 Å². The quantitative estimate of drug-likeness (QED) is 0.545. The van der Waals surface area contributed by atoms with Crippen LogP contribution in [0.1, 0.15) is 51.9 Å². The second kappa shape index (κ2) is 7.40. The molecule has 13 heavy (non-hydrogen) atoms. The van der Waals surface area contributed by atoms with Crippen molar-refractivity contribution in [2.24, 2.45) is 0 Å². The minimum atomic E-state index is -0.00981. The monoisotopic (exact) mass is 225 g/mol. The Labute approximate surface area is 90.9 Å². The van der Waals surface area contributed by atoms with Gasteiger partial charge in [-0.1, -0.05) is 13.3 Å². The molecule has 1 rings (SSSR count). The summed E-state index contributed by atoms with van der Waals surface area (Å²) in [6.07, 6.45) is 7.63. The van der Waals surface area contributed by atoms with Crippen LogP contribution in [0.15, 0.2) is 0 Å². The summed E-state index contributed by atoms with van der Waals surface area (Å²) in [6.45, 7) is 2.00. The number of rotatable bonds is 3. The van der Waals surface area contributed by atoms with Crippen LogP contribution in [-0.2, 0) is 26.6 Å². The summed E-state index contributed by atoms with van der Waals surface area (Å²) in [6, 6.07) is 0. The van der Waals surface area contributed by atoms with E-state index >= 15 is 0 Å². The van der Waals surface area contributed by atoms with Crippen LogP contribution < -0.4 is 0 Å². The molecule has 1 fully saturated rings. The van der Waals surface area contributed by atoms with Gasteiger partial charge in [0.1, 0.15) is 6.10 Å². The molecule has 0 bridgehead atoms. The van der Waals surface area contributed by atoms with Crippen molar-refractivity contribution in [3.63, 3.8) is 0 Å². The molecule has 0 N–H and O–H groups in total. The molecule has 0 atom stereocenters. The Morgan fingerprint density at radius 1 is 1.31 bits per heavy atom. The smallest absolute Gasteiger partial charge is 0.306 e. The van der Waals surface area contributed by atoms with Gasteiger partial charge in [0, 0.05) is 23.5 Å². The predicted octanol–water partition coefficient (Wildman–Crippen LogP) is 2.66. The predicted molar refractivity (Wildman–Crippen MR) is 47.9 cm³/mol. The van der Waals surface area contributed by atoms with E-state index in [0.29, 0.717) is 6.42 Å². The van der Waals surface area contributed by atoms with Gasteiger partial charge in [0.25, 0.3) is 0 Å². The molecule has 1 radical (unpaired) electrons. The summed E-state index contributed by atoms with van der Waals surface area (Å²) < 4.78 is 5.29. The van der Waals surface area contributed by atoms with E-state index in [9.17, 15) is 4.79 Å². The maximum atomic E-state index is 11.1. The van der Waals surface area contributed by atoms with E-state index in [1.165, 1.54) is 19.3 Å². The van der Waals surface area contributed by atoms with Gasteiger partial charge in [-0.15, -0.1) is 0 Å². The molecule has 77 valence electrons. The Kier molecular flexibility index (Phi) is 7.39. The van der Waals surface area contributed by atoms with Crippen molar-refractivity contribution in [2.45, 2.75) is 58.0 Å². The average Bonchev–Trinajstić information content (AvgIpc) is 2.06. The van der Waals surface area contributed by atoms with Crippen molar-refractivity contribution in [3.8, 4) is 0 Å². The van der Waals surface area contributed by atoms with E-state index in [1.54, 1.807) is 0 Å². The summed E-state index contributed by atoms with van der Waals surface area (Å²) in [5.41, 5.74) is 0. The van der Waals surface area contributed by atoms with Crippen molar-refractivity contribution in [3.05, 3.63) is 0 Å². The zero-order valence-electron chi connectivity index (χ0n) is 8.22. The minimum absolute atomic E-state index is 0.